The number of urea groups is 1. The number of ether oxygens (including phenoxy) is 3. The molecule has 224 valence electrons. The van der Waals surface area contributed by atoms with Gasteiger partial charge in [-0.3, -0.25) is 0 Å². The number of aliphatic hydroxyl groups is 1. The average molecular weight is 599 g/mol. The van der Waals surface area contributed by atoms with Crippen molar-refractivity contribution in [1.29, 1.82) is 0 Å². The topological polar surface area (TPSA) is 89.1 Å². The molecule has 43 heavy (non-hydrogen) atoms. The van der Waals surface area contributed by atoms with Gasteiger partial charge in [-0.05, 0) is 46.9 Å². The lowest BCUT2D eigenvalue weighted by Crippen LogP contribution is -2.34. The number of carbonyl (C=O) groups excluding carboxylic acids is 1. The van der Waals surface area contributed by atoms with E-state index in [1.165, 1.54) is 0 Å². The highest BCUT2D eigenvalue weighted by atomic mass is 32.2. The first kappa shape index (κ1) is 30.6. The number of benzene rings is 4. The number of methoxy groups -OCH3 is 1. The third kappa shape index (κ3) is 7.97. The summed E-state index contributed by atoms with van der Waals surface area (Å²) in [5.41, 5.74) is 6.00. The summed E-state index contributed by atoms with van der Waals surface area (Å²) in [5, 5.41) is 15.2. The fraction of sp³-hybridized carbons (Fsp3) is 0.286. The predicted molar refractivity (Wildman–Crippen MR) is 170 cm³/mol. The van der Waals surface area contributed by atoms with Gasteiger partial charge in [-0.1, -0.05) is 84.9 Å². The number of carbonyl (C=O) groups is 1. The highest BCUT2D eigenvalue weighted by Crippen LogP contribution is 2.41. The summed E-state index contributed by atoms with van der Waals surface area (Å²) in [7, 11) is 1.69. The van der Waals surface area contributed by atoms with Crippen molar-refractivity contribution in [3.63, 3.8) is 0 Å². The van der Waals surface area contributed by atoms with E-state index in [4.69, 9.17) is 14.2 Å². The zero-order chi connectivity index (χ0) is 30.0. The van der Waals surface area contributed by atoms with Gasteiger partial charge in [-0.15, -0.1) is 11.8 Å². The lowest BCUT2D eigenvalue weighted by atomic mass is 9.98. The number of aliphatic hydroxyl groups excluding tert-OH is 1. The monoisotopic (exact) mass is 598 g/mol. The Morgan fingerprint density at radius 1 is 0.907 bits per heavy atom. The largest absolute Gasteiger partial charge is 0.496 e. The molecule has 1 heterocycles. The fourth-order valence-electron chi connectivity index (χ4n) is 5.12. The van der Waals surface area contributed by atoms with Crippen LogP contribution in [0.5, 0.6) is 5.75 Å². The van der Waals surface area contributed by atoms with Crippen molar-refractivity contribution in [3.05, 3.63) is 119 Å². The quantitative estimate of drug-likeness (QED) is 0.161. The van der Waals surface area contributed by atoms with E-state index in [0.29, 0.717) is 19.5 Å². The van der Waals surface area contributed by atoms with Gasteiger partial charge in [-0.2, -0.15) is 0 Å². The van der Waals surface area contributed by atoms with Crippen LogP contribution >= 0.6 is 11.8 Å². The van der Waals surface area contributed by atoms with Crippen LogP contribution in [0.1, 0.15) is 48.0 Å². The Hall–Kier alpha value is -3.82. The molecule has 4 aromatic rings. The molecule has 7 nitrogen and oxygen atoms in total. The molecule has 0 spiro atoms. The number of hydrogen-bond acceptors (Lipinski definition) is 6. The van der Waals surface area contributed by atoms with Crippen LogP contribution in [0.3, 0.4) is 0 Å². The van der Waals surface area contributed by atoms with Crippen LogP contribution in [0.4, 0.5) is 4.79 Å². The minimum absolute atomic E-state index is 0.00713. The lowest BCUT2D eigenvalue weighted by molar-refractivity contribution is -0.245. The van der Waals surface area contributed by atoms with Gasteiger partial charge in [0.1, 0.15) is 5.75 Å². The summed E-state index contributed by atoms with van der Waals surface area (Å²) in [6, 6.07) is 32.1. The first-order valence-corrected chi connectivity index (χ1v) is 15.5. The lowest BCUT2D eigenvalue weighted by Gasteiger charge is -2.36. The molecule has 2 amide bonds. The third-order valence-corrected chi connectivity index (χ3v) is 8.58. The smallest absolute Gasteiger partial charge is 0.315 e. The summed E-state index contributed by atoms with van der Waals surface area (Å²) in [6.07, 6.45) is -0.0445. The molecule has 1 saturated heterocycles. The van der Waals surface area contributed by atoms with E-state index in [-0.39, 0.29) is 24.8 Å². The standard InChI is InChI=1S/C35H38N2O5S/c1-3-36-35(39)37-21-28-8-4-5-9-30(28)25-16-18-27(19-17-25)34-41-29(23-43-33-11-7-6-10-31(33)40-2)20-32(42-34)26-14-12-24(22-38)13-15-26/h4-19,29,32,34,38H,3,20-23H2,1-2H3,(H2,36,37,39)/t29-,32+,34+/m1/s1. The van der Waals surface area contributed by atoms with Gasteiger partial charge < -0.3 is 30.0 Å². The van der Waals surface area contributed by atoms with Gasteiger partial charge in [0, 0.05) is 35.7 Å². The van der Waals surface area contributed by atoms with E-state index in [1.807, 2.05) is 67.6 Å². The van der Waals surface area contributed by atoms with Crippen LogP contribution in [-0.4, -0.2) is 36.6 Å². The Balaban J connectivity index is 1.35. The Bertz CT molecular complexity index is 1480. The molecule has 3 atom stereocenters. The minimum Gasteiger partial charge on any atom is -0.496 e. The molecule has 0 bridgehead atoms. The van der Waals surface area contributed by atoms with Gasteiger partial charge in [0.15, 0.2) is 6.29 Å². The molecule has 0 unspecified atom stereocenters. The zero-order valence-electron chi connectivity index (χ0n) is 24.5. The van der Waals surface area contributed by atoms with E-state index in [1.54, 1.807) is 18.9 Å². The maximum absolute atomic E-state index is 12.0. The zero-order valence-corrected chi connectivity index (χ0v) is 25.3. The fourth-order valence-corrected chi connectivity index (χ4v) is 6.17. The molecule has 0 saturated carbocycles. The summed E-state index contributed by atoms with van der Waals surface area (Å²) < 4.78 is 18.6. The maximum Gasteiger partial charge on any atom is 0.315 e. The summed E-state index contributed by atoms with van der Waals surface area (Å²) in [4.78, 5) is 13.0. The van der Waals surface area contributed by atoms with Crippen molar-refractivity contribution < 1.29 is 24.1 Å². The molecule has 0 aromatic heterocycles. The van der Waals surface area contributed by atoms with Gasteiger partial charge >= 0.3 is 6.03 Å². The Kier molecular flexibility index (Phi) is 10.7. The van der Waals surface area contributed by atoms with Gasteiger partial charge in [-0.25, -0.2) is 4.79 Å². The van der Waals surface area contributed by atoms with E-state index in [2.05, 4.69) is 47.0 Å². The Labute approximate surface area is 257 Å². The third-order valence-electron chi connectivity index (χ3n) is 7.40. The van der Waals surface area contributed by atoms with Crippen molar-refractivity contribution in [2.24, 2.45) is 0 Å². The molecule has 0 radical (unpaired) electrons. The predicted octanol–water partition coefficient (Wildman–Crippen LogP) is 7.01. The molecule has 1 aliphatic rings. The number of amides is 2. The number of nitrogens with one attached hydrogen (secondary N) is 2. The minimum atomic E-state index is -0.539. The normalized spacial score (nSPS) is 18.2. The molecule has 0 aliphatic carbocycles. The first-order valence-electron chi connectivity index (χ1n) is 14.5. The second kappa shape index (κ2) is 15.1. The number of para-hydroxylation sites is 1. The van der Waals surface area contributed by atoms with Crippen molar-refractivity contribution in [1.82, 2.24) is 10.6 Å². The van der Waals surface area contributed by atoms with Crippen molar-refractivity contribution >= 4 is 17.8 Å². The van der Waals surface area contributed by atoms with Crippen molar-refractivity contribution in [3.8, 4) is 16.9 Å². The van der Waals surface area contributed by atoms with Crippen molar-refractivity contribution in [2.75, 3.05) is 19.4 Å². The summed E-state index contributed by atoms with van der Waals surface area (Å²) >= 11 is 1.72. The van der Waals surface area contributed by atoms with Crippen LogP contribution in [-0.2, 0) is 22.6 Å². The molecule has 1 fully saturated rings. The van der Waals surface area contributed by atoms with Crippen LogP contribution in [0.15, 0.2) is 102 Å². The highest BCUT2D eigenvalue weighted by Gasteiger charge is 2.32. The van der Waals surface area contributed by atoms with Crippen LogP contribution < -0.4 is 15.4 Å². The second-order valence-corrected chi connectivity index (χ2v) is 11.4. The van der Waals surface area contributed by atoms with Gasteiger partial charge in [0.25, 0.3) is 0 Å². The van der Waals surface area contributed by atoms with E-state index >= 15 is 0 Å². The van der Waals surface area contributed by atoms with E-state index < -0.39 is 6.29 Å². The van der Waals surface area contributed by atoms with Crippen LogP contribution in [0.25, 0.3) is 11.1 Å². The number of thioether (sulfide) groups is 1. The van der Waals surface area contributed by atoms with Gasteiger partial charge in [0.2, 0.25) is 0 Å². The summed E-state index contributed by atoms with van der Waals surface area (Å²) in [6.45, 7) is 2.91. The molecule has 8 heteroatoms. The van der Waals surface area contributed by atoms with Crippen LogP contribution in [0, 0.1) is 0 Å². The van der Waals surface area contributed by atoms with Crippen molar-refractivity contribution in [2.45, 2.75) is 49.9 Å². The number of rotatable bonds is 11. The maximum atomic E-state index is 12.0. The SMILES string of the molecule is CCNC(=O)NCc1ccccc1-c1ccc([C@H]2O[C@@H](CSc3ccccc3OC)C[C@@H](c3ccc(CO)cc3)O2)cc1. The highest BCUT2D eigenvalue weighted by molar-refractivity contribution is 7.99. The molecule has 1 aliphatic heterocycles. The van der Waals surface area contributed by atoms with Crippen LogP contribution in [0.2, 0.25) is 0 Å². The molecular formula is C35H38N2O5S. The Morgan fingerprint density at radius 3 is 2.37 bits per heavy atom. The van der Waals surface area contributed by atoms with E-state index in [9.17, 15) is 9.90 Å². The summed E-state index contributed by atoms with van der Waals surface area (Å²) in [5.74, 6) is 1.60. The molecule has 5 rings (SSSR count). The van der Waals surface area contributed by atoms with E-state index in [0.717, 1.165) is 49.8 Å². The second-order valence-electron chi connectivity index (χ2n) is 10.3. The molecule has 4 aromatic carbocycles. The first-order chi connectivity index (χ1) is 21.1. The Morgan fingerprint density at radius 2 is 1.63 bits per heavy atom. The average Bonchev–Trinajstić information content (AvgIpc) is 3.07. The molecular weight excluding hydrogens is 560 g/mol. The molecule has 3 N–H and O–H groups in total. The number of hydrogen-bond donors (Lipinski definition) is 3. The van der Waals surface area contributed by atoms with Gasteiger partial charge in [0.05, 0.1) is 25.9 Å².